The minimum atomic E-state index is -0.232. The quantitative estimate of drug-likeness (QED) is 0.215. The molecule has 0 radical (unpaired) electrons. The molecule has 1 fully saturated rings. The molecular formula is C27H44O3. The number of hydrogen-bond acceptors (Lipinski definition) is 3. The lowest BCUT2D eigenvalue weighted by Gasteiger charge is -2.31. The van der Waals surface area contributed by atoms with Crippen molar-refractivity contribution in [2.75, 3.05) is 13.2 Å². The Morgan fingerprint density at radius 1 is 0.800 bits per heavy atom. The minimum Gasteiger partial charge on any atom is -0.494 e. The maximum Gasteiger partial charge on any atom is 0.338 e. The minimum absolute atomic E-state index is 0.232. The van der Waals surface area contributed by atoms with E-state index >= 15 is 0 Å². The van der Waals surface area contributed by atoms with Gasteiger partial charge in [0, 0.05) is 0 Å². The van der Waals surface area contributed by atoms with Crippen molar-refractivity contribution in [3.63, 3.8) is 0 Å². The number of hydrogen-bond donors (Lipinski definition) is 0. The molecule has 2 rings (SSSR count). The maximum absolute atomic E-state index is 12.1. The summed E-state index contributed by atoms with van der Waals surface area (Å²) in [5, 5.41) is 0. The van der Waals surface area contributed by atoms with Crippen LogP contribution in [0.2, 0.25) is 0 Å². The van der Waals surface area contributed by atoms with E-state index in [1.165, 1.54) is 70.6 Å². The zero-order chi connectivity index (χ0) is 21.4. The maximum atomic E-state index is 12.1. The molecule has 30 heavy (non-hydrogen) atoms. The van der Waals surface area contributed by atoms with Crippen molar-refractivity contribution in [1.82, 2.24) is 0 Å². The third-order valence-electron chi connectivity index (χ3n) is 6.55. The first-order valence-corrected chi connectivity index (χ1v) is 12.6. The van der Waals surface area contributed by atoms with Gasteiger partial charge in [-0.2, -0.15) is 0 Å². The molecule has 0 N–H and O–H groups in total. The van der Waals surface area contributed by atoms with Crippen molar-refractivity contribution in [3.05, 3.63) is 29.8 Å². The second-order valence-electron chi connectivity index (χ2n) is 9.01. The van der Waals surface area contributed by atoms with E-state index in [2.05, 4.69) is 13.8 Å². The van der Waals surface area contributed by atoms with Crippen molar-refractivity contribution in [2.45, 2.75) is 104 Å². The number of esters is 1. The molecule has 0 heterocycles. The predicted molar refractivity (Wildman–Crippen MR) is 125 cm³/mol. The zero-order valence-corrected chi connectivity index (χ0v) is 19.5. The van der Waals surface area contributed by atoms with Gasteiger partial charge in [-0.1, -0.05) is 84.5 Å². The molecule has 0 aliphatic heterocycles. The Balaban J connectivity index is 1.64. The average molecular weight is 417 g/mol. The fourth-order valence-corrected chi connectivity index (χ4v) is 4.70. The first-order valence-electron chi connectivity index (χ1n) is 12.6. The van der Waals surface area contributed by atoms with Crippen LogP contribution in [0.3, 0.4) is 0 Å². The summed E-state index contributed by atoms with van der Waals surface area (Å²) in [6.45, 7) is 5.74. The molecule has 2 unspecified atom stereocenters. The number of ether oxygens (including phenoxy) is 2. The summed E-state index contributed by atoms with van der Waals surface area (Å²) in [5.41, 5.74) is 0.606. The molecule has 0 amide bonds. The average Bonchev–Trinajstić information content (AvgIpc) is 2.78. The number of unbranched alkanes of at least 4 members (excludes halogenated alkanes) is 5. The Bertz CT molecular complexity index is 566. The predicted octanol–water partition coefficient (Wildman–Crippen LogP) is 7.97. The van der Waals surface area contributed by atoms with Gasteiger partial charge in [0.1, 0.15) is 5.75 Å². The summed E-state index contributed by atoms with van der Waals surface area (Å²) in [6.07, 6.45) is 18.1. The van der Waals surface area contributed by atoms with E-state index in [4.69, 9.17) is 9.47 Å². The molecule has 2 atom stereocenters. The van der Waals surface area contributed by atoms with Crippen molar-refractivity contribution in [3.8, 4) is 5.75 Å². The van der Waals surface area contributed by atoms with Gasteiger partial charge in [0.05, 0.1) is 18.8 Å². The number of carbonyl (C=O) groups is 1. The van der Waals surface area contributed by atoms with Crippen LogP contribution in [-0.2, 0) is 4.74 Å². The van der Waals surface area contributed by atoms with Crippen molar-refractivity contribution in [2.24, 2.45) is 11.8 Å². The van der Waals surface area contributed by atoms with Crippen LogP contribution in [0.15, 0.2) is 24.3 Å². The fourth-order valence-electron chi connectivity index (χ4n) is 4.70. The van der Waals surface area contributed by atoms with E-state index < -0.39 is 0 Å². The second-order valence-corrected chi connectivity index (χ2v) is 9.01. The van der Waals surface area contributed by atoms with E-state index in [0.717, 1.165) is 43.5 Å². The molecule has 0 aromatic heterocycles. The lowest BCUT2D eigenvalue weighted by atomic mass is 9.74. The number of carbonyl (C=O) groups excluding carboxylic acids is 1. The van der Waals surface area contributed by atoms with Crippen LogP contribution in [0.1, 0.15) is 114 Å². The van der Waals surface area contributed by atoms with E-state index in [9.17, 15) is 4.79 Å². The summed E-state index contributed by atoms with van der Waals surface area (Å²) < 4.78 is 11.3. The summed E-state index contributed by atoms with van der Waals surface area (Å²) in [7, 11) is 0. The van der Waals surface area contributed by atoms with Crippen molar-refractivity contribution in [1.29, 1.82) is 0 Å². The van der Waals surface area contributed by atoms with Gasteiger partial charge >= 0.3 is 5.97 Å². The molecule has 3 heteroatoms. The smallest absolute Gasteiger partial charge is 0.338 e. The van der Waals surface area contributed by atoms with E-state index in [-0.39, 0.29) is 5.97 Å². The van der Waals surface area contributed by atoms with Gasteiger partial charge in [-0.15, -0.1) is 0 Å². The Hall–Kier alpha value is -1.51. The van der Waals surface area contributed by atoms with E-state index in [1.54, 1.807) is 0 Å². The Morgan fingerprint density at radius 3 is 2.10 bits per heavy atom. The van der Waals surface area contributed by atoms with Crippen molar-refractivity contribution >= 4 is 5.97 Å². The highest BCUT2D eigenvalue weighted by molar-refractivity contribution is 5.89. The second kappa shape index (κ2) is 15.3. The van der Waals surface area contributed by atoms with Crippen LogP contribution in [0.5, 0.6) is 5.75 Å². The Kier molecular flexibility index (Phi) is 12.6. The van der Waals surface area contributed by atoms with Gasteiger partial charge in [0.25, 0.3) is 0 Å². The van der Waals surface area contributed by atoms with Crippen LogP contribution in [0.4, 0.5) is 0 Å². The zero-order valence-electron chi connectivity index (χ0n) is 19.5. The van der Waals surface area contributed by atoms with Gasteiger partial charge in [0.2, 0.25) is 0 Å². The normalized spacial score (nSPS) is 18.9. The largest absolute Gasteiger partial charge is 0.494 e. The highest BCUT2D eigenvalue weighted by Crippen LogP contribution is 2.36. The summed E-state index contributed by atoms with van der Waals surface area (Å²) in [4.78, 5) is 12.1. The van der Waals surface area contributed by atoms with E-state index in [0.29, 0.717) is 12.2 Å². The highest BCUT2D eigenvalue weighted by Gasteiger charge is 2.24. The third kappa shape index (κ3) is 9.53. The third-order valence-corrected chi connectivity index (χ3v) is 6.55. The molecular weight excluding hydrogens is 372 g/mol. The van der Waals surface area contributed by atoms with Gasteiger partial charge in [-0.25, -0.2) is 4.79 Å². The van der Waals surface area contributed by atoms with Gasteiger partial charge in [-0.05, 0) is 55.4 Å². The summed E-state index contributed by atoms with van der Waals surface area (Å²) in [6, 6.07) is 7.41. The molecule has 1 aliphatic rings. The Morgan fingerprint density at radius 2 is 1.43 bits per heavy atom. The van der Waals surface area contributed by atoms with Crippen molar-refractivity contribution < 1.29 is 14.3 Å². The van der Waals surface area contributed by atoms with Crippen LogP contribution < -0.4 is 4.74 Å². The first kappa shape index (κ1) is 24.8. The van der Waals surface area contributed by atoms with Crippen LogP contribution >= 0.6 is 0 Å². The topological polar surface area (TPSA) is 35.5 Å². The fraction of sp³-hybridized carbons (Fsp3) is 0.741. The summed E-state index contributed by atoms with van der Waals surface area (Å²) in [5.74, 6) is 2.45. The van der Waals surface area contributed by atoms with Crippen LogP contribution in [0, 0.1) is 11.8 Å². The molecule has 0 spiro atoms. The lowest BCUT2D eigenvalue weighted by molar-refractivity contribution is 0.0498. The van der Waals surface area contributed by atoms with E-state index in [1.807, 2.05) is 24.3 Å². The van der Waals surface area contributed by atoms with Gasteiger partial charge in [-0.3, -0.25) is 0 Å². The molecule has 3 nitrogen and oxygen atoms in total. The van der Waals surface area contributed by atoms with Crippen LogP contribution in [0.25, 0.3) is 0 Å². The molecule has 1 saturated carbocycles. The molecule has 0 bridgehead atoms. The highest BCUT2D eigenvalue weighted by atomic mass is 16.5. The molecule has 1 aromatic rings. The molecule has 1 aliphatic carbocycles. The lowest BCUT2D eigenvalue weighted by Crippen LogP contribution is -2.20. The number of benzene rings is 1. The molecule has 170 valence electrons. The SMILES string of the molecule is CCCCCCOC(=O)c1ccc(OCCCC2CCCCC2CCCCC)cc1. The van der Waals surface area contributed by atoms with Crippen LogP contribution in [-0.4, -0.2) is 19.2 Å². The first-order chi connectivity index (χ1) is 14.7. The number of rotatable bonds is 15. The monoisotopic (exact) mass is 416 g/mol. The molecule has 0 saturated heterocycles. The molecule has 1 aromatic carbocycles. The van der Waals surface area contributed by atoms with Gasteiger partial charge in [0.15, 0.2) is 0 Å². The standard InChI is InChI=1S/C27H44O3/c1-3-5-7-11-21-30-27(28)25-17-19-26(20-18-25)29-22-12-16-24-15-10-9-14-23(24)13-8-6-4-2/h17-20,23-24H,3-16,21-22H2,1-2H3. The Labute approximate surface area is 184 Å². The van der Waals surface area contributed by atoms with Gasteiger partial charge < -0.3 is 9.47 Å². The summed E-state index contributed by atoms with van der Waals surface area (Å²) >= 11 is 0.